The molecule has 1 rings (SSSR count). The molecule has 110 valence electrons. The van der Waals surface area contributed by atoms with Crippen LogP contribution in [0.15, 0.2) is 12.1 Å². The first kappa shape index (κ1) is 15.7. The van der Waals surface area contributed by atoms with Gasteiger partial charge in [-0.2, -0.15) is 0 Å². The van der Waals surface area contributed by atoms with Crippen LogP contribution in [0.3, 0.4) is 0 Å². The highest BCUT2D eigenvalue weighted by Gasteiger charge is 2.29. The van der Waals surface area contributed by atoms with Crippen LogP contribution in [0.1, 0.15) is 22.0 Å². The Balaban J connectivity index is 3.43. The summed E-state index contributed by atoms with van der Waals surface area (Å²) in [5.74, 6) is -2.27. The first-order valence-corrected chi connectivity index (χ1v) is 5.48. The van der Waals surface area contributed by atoms with Crippen LogP contribution in [0, 0.1) is 0 Å². The van der Waals surface area contributed by atoms with E-state index >= 15 is 0 Å². The Morgan fingerprint density at radius 1 is 1.15 bits per heavy atom. The minimum atomic E-state index is -1.94. The van der Waals surface area contributed by atoms with E-state index < -0.39 is 24.1 Å². The number of carbonyl (C=O) groups is 2. The number of carboxylic acid groups (broad SMARTS) is 1. The van der Waals surface area contributed by atoms with Gasteiger partial charge in [-0.25, -0.2) is 4.79 Å². The van der Waals surface area contributed by atoms with Crippen molar-refractivity contribution in [2.75, 3.05) is 14.2 Å². The Kier molecular flexibility index (Phi) is 4.89. The number of carboxylic acids is 1. The number of benzene rings is 1. The zero-order chi connectivity index (χ0) is 15.4. The third-order valence-electron chi connectivity index (χ3n) is 2.70. The molecule has 0 radical (unpaired) electrons. The smallest absolute Gasteiger partial charge is 0.336 e. The number of rotatable bonds is 6. The van der Waals surface area contributed by atoms with Gasteiger partial charge >= 0.3 is 5.97 Å². The molecule has 0 aromatic heterocycles. The number of methoxy groups -OCH3 is 2. The predicted molar refractivity (Wildman–Crippen MR) is 66.7 cm³/mol. The molecule has 20 heavy (non-hydrogen) atoms. The van der Waals surface area contributed by atoms with Crippen LogP contribution in [0.5, 0.6) is 11.5 Å². The summed E-state index contributed by atoms with van der Waals surface area (Å²) in [6, 6.07) is 2.28. The lowest BCUT2D eigenvalue weighted by Crippen LogP contribution is -2.34. The van der Waals surface area contributed by atoms with Gasteiger partial charge in [0, 0.05) is 5.56 Å². The van der Waals surface area contributed by atoms with E-state index in [0.717, 1.165) is 6.07 Å². The van der Waals surface area contributed by atoms with Crippen molar-refractivity contribution in [2.45, 2.75) is 12.2 Å². The molecule has 1 aromatic carbocycles. The molecular weight excluding hydrogens is 270 g/mol. The highest BCUT2D eigenvalue weighted by atomic mass is 16.5. The van der Waals surface area contributed by atoms with Gasteiger partial charge in [0.25, 0.3) is 0 Å². The molecule has 2 atom stereocenters. The SMILES string of the molecule is COc1cc(C(=O)O)c(C(O)C(O)C(N)=O)cc1OC. The van der Waals surface area contributed by atoms with E-state index in [1.165, 1.54) is 20.3 Å². The molecule has 0 aliphatic carbocycles. The molecule has 0 bridgehead atoms. The fourth-order valence-corrected chi connectivity index (χ4v) is 1.65. The van der Waals surface area contributed by atoms with Crippen LogP contribution in [0.2, 0.25) is 0 Å². The fourth-order valence-electron chi connectivity index (χ4n) is 1.65. The number of aliphatic hydroxyl groups is 2. The average molecular weight is 285 g/mol. The summed E-state index contributed by atoms with van der Waals surface area (Å²) in [5.41, 5.74) is 4.33. The van der Waals surface area contributed by atoms with Crippen molar-refractivity contribution >= 4 is 11.9 Å². The van der Waals surface area contributed by atoms with Crippen molar-refractivity contribution in [2.24, 2.45) is 5.73 Å². The highest BCUT2D eigenvalue weighted by molar-refractivity contribution is 5.91. The molecule has 0 saturated carbocycles. The zero-order valence-electron chi connectivity index (χ0n) is 10.9. The number of aromatic carboxylic acids is 1. The first-order valence-electron chi connectivity index (χ1n) is 5.48. The van der Waals surface area contributed by atoms with E-state index in [4.69, 9.17) is 20.3 Å². The van der Waals surface area contributed by atoms with Crippen molar-refractivity contribution in [1.29, 1.82) is 0 Å². The molecule has 0 saturated heterocycles. The molecule has 8 nitrogen and oxygen atoms in total. The Labute approximate surface area is 114 Å². The predicted octanol–water partition coefficient (Wildman–Crippen LogP) is -0.718. The Bertz CT molecular complexity index is 529. The maximum atomic E-state index is 11.2. The van der Waals surface area contributed by atoms with Gasteiger partial charge in [0.1, 0.15) is 6.10 Å². The monoisotopic (exact) mass is 285 g/mol. The van der Waals surface area contributed by atoms with E-state index in [9.17, 15) is 19.8 Å². The normalized spacial score (nSPS) is 13.4. The van der Waals surface area contributed by atoms with Gasteiger partial charge in [0.2, 0.25) is 5.91 Å². The molecule has 0 fully saturated rings. The second-order valence-corrected chi connectivity index (χ2v) is 3.89. The third-order valence-corrected chi connectivity index (χ3v) is 2.70. The van der Waals surface area contributed by atoms with E-state index in [-0.39, 0.29) is 22.6 Å². The first-order chi connectivity index (χ1) is 9.33. The van der Waals surface area contributed by atoms with E-state index in [0.29, 0.717) is 0 Å². The lowest BCUT2D eigenvalue weighted by Gasteiger charge is -2.19. The van der Waals surface area contributed by atoms with Gasteiger partial charge < -0.3 is 30.5 Å². The minimum Gasteiger partial charge on any atom is -0.493 e. The Morgan fingerprint density at radius 3 is 2.05 bits per heavy atom. The maximum absolute atomic E-state index is 11.2. The molecule has 1 aromatic rings. The van der Waals surface area contributed by atoms with Gasteiger partial charge in [0.15, 0.2) is 17.6 Å². The summed E-state index contributed by atoms with van der Waals surface area (Å²) in [5, 5.41) is 28.4. The molecule has 0 aliphatic rings. The van der Waals surface area contributed by atoms with Gasteiger partial charge in [0.05, 0.1) is 19.8 Å². The summed E-state index contributed by atoms with van der Waals surface area (Å²) in [7, 11) is 2.64. The molecule has 0 heterocycles. The lowest BCUT2D eigenvalue weighted by molar-refractivity contribution is -0.132. The fraction of sp³-hybridized carbons (Fsp3) is 0.333. The minimum absolute atomic E-state index is 0.134. The number of ether oxygens (including phenoxy) is 2. The number of primary amides is 1. The van der Waals surface area contributed by atoms with E-state index in [1.54, 1.807) is 0 Å². The summed E-state index contributed by atoms with van der Waals surface area (Å²) >= 11 is 0. The van der Waals surface area contributed by atoms with Crippen molar-refractivity contribution in [3.05, 3.63) is 23.3 Å². The van der Waals surface area contributed by atoms with Crippen molar-refractivity contribution in [3.63, 3.8) is 0 Å². The van der Waals surface area contributed by atoms with Crippen LogP contribution in [-0.4, -0.2) is 47.5 Å². The second kappa shape index (κ2) is 6.22. The third kappa shape index (κ3) is 2.98. The Hall–Kier alpha value is -2.32. The standard InChI is InChI=1S/C12H15NO7/c1-19-7-3-5(9(14)10(15)11(13)16)6(12(17)18)4-8(7)20-2/h3-4,9-10,14-15H,1-2H3,(H2,13,16)(H,17,18). The molecular formula is C12H15NO7. The number of nitrogens with two attached hydrogens (primary N) is 1. The van der Waals surface area contributed by atoms with E-state index in [1.807, 2.05) is 0 Å². The van der Waals surface area contributed by atoms with Crippen LogP contribution in [0.25, 0.3) is 0 Å². The van der Waals surface area contributed by atoms with Gasteiger partial charge in [-0.05, 0) is 12.1 Å². The van der Waals surface area contributed by atoms with Crippen LogP contribution < -0.4 is 15.2 Å². The summed E-state index contributed by atoms with van der Waals surface area (Å²) in [6.07, 6.45) is -3.73. The van der Waals surface area contributed by atoms with Gasteiger partial charge in [-0.3, -0.25) is 4.79 Å². The Morgan fingerprint density at radius 2 is 1.65 bits per heavy atom. The molecule has 0 spiro atoms. The number of aliphatic hydroxyl groups excluding tert-OH is 2. The number of carbonyl (C=O) groups excluding carboxylic acids is 1. The summed E-state index contributed by atoms with van der Waals surface area (Å²) in [6.45, 7) is 0. The molecule has 5 N–H and O–H groups in total. The van der Waals surface area contributed by atoms with Gasteiger partial charge in [-0.1, -0.05) is 0 Å². The van der Waals surface area contributed by atoms with Crippen molar-refractivity contribution in [3.8, 4) is 11.5 Å². The summed E-state index contributed by atoms with van der Waals surface area (Å²) in [4.78, 5) is 22.1. The number of hydrogen-bond donors (Lipinski definition) is 4. The number of hydrogen-bond acceptors (Lipinski definition) is 6. The second-order valence-electron chi connectivity index (χ2n) is 3.89. The maximum Gasteiger partial charge on any atom is 0.336 e. The zero-order valence-corrected chi connectivity index (χ0v) is 10.9. The van der Waals surface area contributed by atoms with E-state index in [2.05, 4.69) is 0 Å². The van der Waals surface area contributed by atoms with Crippen molar-refractivity contribution < 1.29 is 34.4 Å². The molecule has 8 heteroatoms. The number of amides is 1. The topological polar surface area (TPSA) is 139 Å². The molecule has 2 unspecified atom stereocenters. The quantitative estimate of drug-likeness (QED) is 0.541. The average Bonchev–Trinajstić information content (AvgIpc) is 2.43. The largest absolute Gasteiger partial charge is 0.493 e. The molecule has 1 amide bonds. The summed E-state index contributed by atoms with van der Waals surface area (Å²) < 4.78 is 9.92. The van der Waals surface area contributed by atoms with Crippen LogP contribution in [-0.2, 0) is 4.79 Å². The van der Waals surface area contributed by atoms with Crippen LogP contribution >= 0.6 is 0 Å². The van der Waals surface area contributed by atoms with Crippen molar-refractivity contribution in [1.82, 2.24) is 0 Å². The van der Waals surface area contributed by atoms with Gasteiger partial charge in [-0.15, -0.1) is 0 Å². The molecule has 0 aliphatic heterocycles. The highest BCUT2D eigenvalue weighted by Crippen LogP contribution is 2.34. The van der Waals surface area contributed by atoms with Crippen LogP contribution in [0.4, 0.5) is 0 Å². The lowest BCUT2D eigenvalue weighted by atomic mass is 9.97.